The lowest BCUT2D eigenvalue weighted by molar-refractivity contribution is -0.137. The van der Waals surface area contributed by atoms with Crippen LogP contribution in [-0.2, 0) is 4.79 Å². The summed E-state index contributed by atoms with van der Waals surface area (Å²) < 4.78 is 14.1. The summed E-state index contributed by atoms with van der Waals surface area (Å²) >= 11 is 0. The Labute approximate surface area is 164 Å². The third-order valence-electron chi connectivity index (χ3n) is 6.13. The van der Waals surface area contributed by atoms with Crippen molar-refractivity contribution in [1.82, 2.24) is 25.6 Å². The van der Waals surface area contributed by atoms with Crippen molar-refractivity contribution >= 4 is 11.9 Å². The highest BCUT2D eigenvalue weighted by Crippen LogP contribution is 2.31. The number of halogens is 1. The molecule has 2 N–H and O–H groups in total. The van der Waals surface area contributed by atoms with Crippen molar-refractivity contribution in [2.45, 2.75) is 37.4 Å². The molecule has 5 rings (SSSR count). The molecule has 152 valence electrons. The minimum Gasteiger partial charge on any atom is -0.336 e. The van der Waals surface area contributed by atoms with E-state index >= 15 is 0 Å². The molecule has 4 atom stereocenters. The number of benzene rings is 1. The lowest BCUT2D eigenvalue weighted by Gasteiger charge is -2.37. The first-order valence-electron chi connectivity index (χ1n) is 9.96. The van der Waals surface area contributed by atoms with E-state index in [4.69, 9.17) is 0 Å². The normalized spacial score (nSPS) is 29.7. The summed E-state index contributed by atoms with van der Waals surface area (Å²) in [6, 6.07) is 6.10. The van der Waals surface area contributed by atoms with E-state index in [-0.39, 0.29) is 35.9 Å². The second-order valence-corrected chi connectivity index (χ2v) is 8.32. The van der Waals surface area contributed by atoms with Gasteiger partial charge in [0, 0.05) is 45.3 Å². The zero-order valence-corrected chi connectivity index (χ0v) is 16.4. The van der Waals surface area contributed by atoms with Gasteiger partial charge in [0.15, 0.2) is 0 Å². The number of nitrogens with zero attached hydrogens (tertiary/aromatic N) is 3. The first kappa shape index (κ1) is 19.1. The molecule has 4 heterocycles. The van der Waals surface area contributed by atoms with Crippen molar-refractivity contribution in [2.75, 3.05) is 33.7 Å². The summed E-state index contributed by atoms with van der Waals surface area (Å²) in [5, 5.41) is 0. The average Bonchev–Trinajstić information content (AvgIpc) is 2.99. The molecule has 8 heteroatoms. The van der Waals surface area contributed by atoms with E-state index in [9.17, 15) is 14.0 Å². The maximum Gasteiger partial charge on any atom is 0.319 e. The van der Waals surface area contributed by atoms with Crippen LogP contribution < -0.4 is 10.9 Å². The fourth-order valence-corrected chi connectivity index (χ4v) is 4.67. The van der Waals surface area contributed by atoms with Crippen LogP contribution in [0.25, 0.3) is 0 Å². The van der Waals surface area contributed by atoms with E-state index < -0.39 is 0 Å². The molecule has 2 bridgehead atoms. The Morgan fingerprint density at radius 3 is 2.64 bits per heavy atom. The molecule has 7 nitrogen and oxygen atoms in total. The quantitative estimate of drug-likeness (QED) is 0.801. The van der Waals surface area contributed by atoms with Crippen LogP contribution in [0.4, 0.5) is 9.18 Å². The SMILES string of the molecule is CN(C)C(=O)N1C[C@H]2CC[C@@H](C1)N(C(=O)C1CC(c3ccccc3F)NN1)C2. The Morgan fingerprint density at radius 1 is 1.11 bits per heavy atom. The average molecular weight is 389 g/mol. The fourth-order valence-electron chi connectivity index (χ4n) is 4.67. The Morgan fingerprint density at radius 2 is 1.89 bits per heavy atom. The lowest BCUT2D eigenvalue weighted by atomic mass is 9.93. The van der Waals surface area contributed by atoms with Gasteiger partial charge in [0.1, 0.15) is 11.9 Å². The number of piperidine rings is 1. The van der Waals surface area contributed by atoms with E-state index in [0.717, 1.165) is 12.8 Å². The molecule has 0 aromatic heterocycles. The number of hydrogen-bond donors (Lipinski definition) is 2. The second kappa shape index (κ2) is 7.67. The van der Waals surface area contributed by atoms with Crippen molar-refractivity contribution < 1.29 is 14.0 Å². The maximum atomic E-state index is 14.1. The number of carbonyl (C=O) groups excluding carboxylic acids is 2. The third-order valence-corrected chi connectivity index (χ3v) is 6.13. The van der Waals surface area contributed by atoms with Crippen LogP contribution in [0.2, 0.25) is 0 Å². The van der Waals surface area contributed by atoms with Gasteiger partial charge in [-0.2, -0.15) is 0 Å². The highest BCUT2D eigenvalue weighted by molar-refractivity contribution is 5.83. The molecular weight excluding hydrogens is 361 g/mol. The largest absolute Gasteiger partial charge is 0.336 e. The Hall–Kier alpha value is -2.19. The van der Waals surface area contributed by atoms with E-state index in [2.05, 4.69) is 10.9 Å². The fraction of sp³-hybridized carbons (Fsp3) is 0.600. The Balaban J connectivity index is 1.44. The van der Waals surface area contributed by atoms with Gasteiger partial charge in [-0.1, -0.05) is 18.2 Å². The molecule has 4 saturated heterocycles. The predicted octanol–water partition coefficient (Wildman–Crippen LogP) is 1.34. The number of hydrogen-bond acceptors (Lipinski definition) is 4. The molecule has 4 aliphatic heterocycles. The number of carbonyl (C=O) groups is 2. The first-order chi connectivity index (χ1) is 13.4. The molecule has 4 aliphatic rings. The van der Waals surface area contributed by atoms with Crippen LogP contribution in [-0.4, -0.2) is 72.5 Å². The number of nitrogens with one attached hydrogen (secondary N) is 2. The van der Waals surface area contributed by atoms with Crippen LogP contribution in [0.15, 0.2) is 24.3 Å². The van der Waals surface area contributed by atoms with Gasteiger partial charge < -0.3 is 14.7 Å². The maximum absolute atomic E-state index is 14.1. The standard InChI is InChI=1S/C20H28FN5O2/c1-24(2)20(28)25-10-13-7-8-14(12-25)26(11-13)19(27)18-9-17(22-23-18)15-5-3-4-6-16(15)21/h3-6,13-14,17-18,22-23H,7-12H2,1-2H3/t13-,14+,17?,18?/m1/s1. The first-order valence-corrected chi connectivity index (χ1v) is 9.96. The van der Waals surface area contributed by atoms with Crippen LogP contribution >= 0.6 is 0 Å². The Bertz CT molecular complexity index is 758. The minimum atomic E-state index is -0.387. The summed E-state index contributed by atoms with van der Waals surface area (Å²) in [4.78, 5) is 31.1. The molecule has 1 aromatic carbocycles. The van der Waals surface area contributed by atoms with E-state index in [1.165, 1.54) is 6.07 Å². The van der Waals surface area contributed by atoms with Crippen LogP contribution in [0.3, 0.4) is 0 Å². The molecule has 28 heavy (non-hydrogen) atoms. The van der Waals surface area contributed by atoms with Gasteiger partial charge in [-0.15, -0.1) is 0 Å². The second-order valence-electron chi connectivity index (χ2n) is 8.32. The highest BCUT2D eigenvalue weighted by atomic mass is 19.1. The van der Waals surface area contributed by atoms with Gasteiger partial charge >= 0.3 is 6.03 Å². The summed E-state index contributed by atoms with van der Waals surface area (Å²) in [6.07, 6.45) is 2.47. The topological polar surface area (TPSA) is 67.9 Å². The summed E-state index contributed by atoms with van der Waals surface area (Å²) in [5.74, 6) is 0.0880. The number of urea groups is 1. The van der Waals surface area contributed by atoms with Crippen molar-refractivity contribution in [3.8, 4) is 0 Å². The number of fused-ring (bicyclic) bond motifs is 4. The van der Waals surface area contributed by atoms with E-state index in [1.807, 2.05) is 9.80 Å². The van der Waals surface area contributed by atoms with Crippen LogP contribution in [0, 0.1) is 11.7 Å². The molecule has 0 aliphatic carbocycles. The van der Waals surface area contributed by atoms with Gasteiger partial charge in [-0.25, -0.2) is 20.0 Å². The van der Waals surface area contributed by atoms with Crippen molar-refractivity contribution in [3.05, 3.63) is 35.6 Å². The zero-order valence-electron chi connectivity index (χ0n) is 16.4. The third kappa shape index (κ3) is 3.58. The van der Waals surface area contributed by atoms with Crippen molar-refractivity contribution in [1.29, 1.82) is 0 Å². The summed E-state index contributed by atoms with van der Waals surface area (Å²) in [5.41, 5.74) is 6.72. The molecule has 3 amide bonds. The molecule has 2 unspecified atom stereocenters. The molecule has 0 saturated carbocycles. The van der Waals surface area contributed by atoms with Gasteiger partial charge in [-0.05, 0) is 31.2 Å². The van der Waals surface area contributed by atoms with Crippen molar-refractivity contribution in [3.63, 3.8) is 0 Å². The lowest BCUT2D eigenvalue weighted by Crippen LogP contribution is -2.54. The number of hydrazine groups is 1. The smallest absolute Gasteiger partial charge is 0.319 e. The number of amides is 3. The van der Waals surface area contributed by atoms with E-state index in [0.29, 0.717) is 37.5 Å². The predicted molar refractivity (Wildman–Crippen MR) is 103 cm³/mol. The Kier molecular flexibility index (Phi) is 5.25. The molecule has 4 fully saturated rings. The number of rotatable bonds is 2. The summed E-state index contributed by atoms with van der Waals surface area (Å²) in [7, 11) is 3.52. The highest BCUT2D eigenvalue weighted by Gasteiger charge is 2.42. The van der Waals surface area contributed by atoms with E-state index in [1.54, 1.807) is 37.2 Å². The van der Waals surface area contributed by atoms with Crippen molar-refractivity contribution in [2.24, 2.45) is 5.92 Å². The van der Waals surface area contributed by atoms with Crippen LogP contribution in [0.1, 0.15) is 30.9 Å². The van der Waals surface area contributed by atoms with Gasteiger partial charge in [0.05, 0.1) is 6.04 Å². The molecule has 0 radical (unpaired) electrons. The minimum absolute atomic E-state index is 0.00599. The zero-order chi connectivity index (χ0) is 19.8. The van der Waals surface area contributed by atoms with Gasteiger partial charge in [-0.3, -0.25) is 4.79 Å². The molecule has 1 aromatic rings. The molecular formula is C20H28FN5O2. The van der Waals surface area contributed by atoms with Crippen LogP contribution in [0.5, 0.6) is 0 Å². The van der Waals surface area contributed by atoms with Gasteiger partial charge in [0.2, 0.25) is 5.91 Å². The van der Waals surface area contributed by atoms with Gasteiger partial charge in [0.25, 0.3) is 0 Å². The molecule has 0 spiro atoms. The summed E-state index contributed by atoms with van der Waals surface area (Å²) in [6.45, 7) is 1.96. The monoisotopic (exact) mass is 389 g/mol.